The Hall–Kier alpha value is -0.120. The number of hydrogen-bond acceptors (Lipinski definition) is 3. The molecule has 1 rings (SSSR count). The molecule has 0 amide bonds. The molecule has 12 heavy (non-hydrogen) atoms. The van der Waals surface area contributed by atoms with Gasteiger partial charge in [-0.15, -0.1) is 0 Å². The molecule has 1 saturated heterocycles. The molecule has 1 N–H and O–H groups in total. The molecule has 1 fully saturated rings. The van der Waals surface area contributed by atoms with Gasteiger partial charge in [0.15, 0.2) is 6.29 Å². The maximum Gasteiger partial charge on any atom is 0.157 e. The van der Waals surface area contributed by atoms with Crippen molar-refractivity contribution in [2.45, 2.75) is 45.1 Å². The number of rotatable bonds is 3. The summed E-state index contributed by atoms with van der Waals surface area (Å²) < 4.78 is 10.8. The Balaban J connectivity index is 2.31. The molecule has 1 unspecified atom stereocenters. The maximum absolute atomic E-state index is 5.62. The lowest BCUT2D eigenvalue weighted by Gasteiger charge is -2.34. The van der Waals surface area contributed by atoms with Crippen LogP contribution in [0, 0.1) is 0 Å². The van der Waals surface area contributed by atoms with E-state index in [1.165, 1.54) is 0 Å². The van der Waals surface area contributed by atoms with Gasteiger partial charge in [-0.25, -0.2) is 0 Å². The van der Waals surface area contributed by atoms with Gasteiger partial charge < -0.3 is 14.8 Å². The summed E-state index contributed by atoms with van der Waals surface area (Å²) in [4.78, 5) is 0. The van der Waals surface area contributed by atoms with E-state index in [0.29, 0.717) is 6.04 Å². The Bertz CT molecular complexity index is 130. The van der Waals surface area contributed by atoms with Gasteiger partial charge in [-0.05, 0) is 26.3 Å². The van der Waals surface area contributed by atoms with Crippen LogP contribution in [-0.2, 0) is 9.47 Å². The Kier molecular flexibility index (Phi) is 3.98. The van der Waals surface area contributed by atoms with Crippen molar-refractivity contribution in [3.8, 4) is 0 Å². The minimum Gasteiger partial charge on any atom is -0.356 e. The summed E-state index contributed by atoms with van der Waals surface area (Å²) in [5, 5.41) is 3.40. The van der Waals surface area contributed by atoms with Gasteiger partial charge >= 0.3 is 0 Å². The Morgan fingerprint density at radius 1 is 1.50 bits per heavy atom. The number of hydrogen-bond donors (Lipinski definition) is 1. The second kappa shape index (κ2) is 4.80. The molecule has 1 aliphatic rings. The van der Waals surface area contributed by atoms with Crippen molar-refractivity contribution < 1.29 is 9.47 Å². The van der Waals surface area contributed by atoms with Crippen LogP contribution in [0.5, 0.6) is 0 Å². The fraction of sp³-hybridized carbons (Fsp3) is 1.00. The van der Waals surface area contributed by atoms with Crippen LogP contribution < -0.4 is 5.32 Å². The summed E-state index contributed by atoms with van der Waals surface area (Å²) >= 11 is 0. The van der Waals surface area contributed by atoms with E-state index in [-0.39, 0.29) is 12.4 Å². The van der Waals surface area contributed by atoms with Crippen molar-refractivity contribution in [3.63, 3.8) is 0 Å². The van der Waals surface area contributed by atoms with Crippen molar-refractivity contribution in [1.29, 1.82) is 0 Å². The zero-order chi connectivity index (χ0) is 8.97. The molecule has 1 heterocycles. The molecule has 3 atom stereocenters. The first-order valence-electron chi connectivity index (χ1n) is 4.69. The third-order valence-electron chi connectivity index (χ3n) is 2.38. The predicted octanol–water partition coefficient (Wildman–Crippen LogP) is 1.14. The average molecular weight is 173 g/mol. The Morgan fingerprint density at radius 2 is 2.25 bits per heavy atom. The summed E-state index contributed by atoms with van der Waals surface area (Å²) in [7, 11) is 1.70. The third-order valence-corrected chi connectivity index (χ3v) is 2.38. The Labute approximate surface area is 74.4 Å². The SMILES string of the molecule is CCN[C@@H]1CCC(OC)O[C@H]1C. The highest BCUT2D eigenvalue weighted by Crippen LogP contribution is 2.19. The van der Waals surface area contributed by atoms with Crippen LogP contribution in [0.4, 0.5) is 0 Å². The molecule has 0 bridgehead atoms. The molecule has 0 aliphatic carbocycles. The van der Waals surface area contributed by atoms with Gasteiger partial charge in [-0.3, -0.25) is 0 Å². The summed E-state index contributed by atoms with van der Waals surface area (Å²) in [5.41, 5.74) is 0. The molecule has 0 radical (unpaired) electrons. The van der Waals surface area contributed by atoms with Crippen LogP contribution in [0.1, 0.15) is 26.7 Å². The summed E-state index contributed by atoms with van der Waals surface area (Å²) in [5.74, 6) is 0. The van der Waals surface area contributed by atoms with Crippen LogP contribution >= 0.6 is 0 Å². The fourth-order valence-corrected chi connectivity index (χ4v) is 1.66. The smallest absolute Gasteiger partial charge is 0.157 e. The number of nitrogens with one attached hydrogen (secondary N) is 1. The minimum absolute atomic E-state index is 0.00917. The fourth-order valence-electron chi connectivity index (χ4n) is 1.66. The first-order chi connectivity index (χ1) is 5.77. The van der Waals surface area contributed by atoms with Gasteiger partial charge in [-0.2, -0.15) is 0 Å². The zero-order valence-electron chi connectivity index (χ0n) is 8.17. The molecule has 3 heteroatoms. The normalized spacial score (nSPS) is 36.8. The molecule has 0 saturated carbocycles. The first kappa shape index (κ1) is 9.96. The van der Waals surface area contributed by atoms with Crippen molar-refractivity contribution >= 4 is 0 Å². The second-order valence-electron chi connectivity index (χ2n) is 3.25. The average Bonchev–Trinajstić information content (AvgIpc) is 2.09. The topological polar surface area (TPSA) is 30.5 Å². The lowest BCUT2D eigenvalue weighted by atomic mass is 10.0. The summed E-state index contributed by atoms with van der Waals surface area (Å²) in [6, 6.07) is 0.501. The van der Waals surface area contributed by atoms with E-state index >= 15 is 0 Å². The van der Waals surface area contributed by atoms with Crippen molar-refractivity contribution in [1.82, 2.24) is 5.32 Å². The number of methoxy groups -OCH3 is 1. The standard InChI is InChI=1S/C9H19NO2/c1-4-10-8-5-6-9(11-3)12-7(8)2/h7-10H,4-6H2,1-3H3/t7-,8+,9?/m0/s1. The molecule has 0 aromatic heterocycles. The quantitative estimate of drug-likeness (QED) is 0.694. The van der Waals surface area contributed by atoms with Crippen LogP contribution in [-0.4, -0.2) is 32.1 Å². The molecule has 1 aliphatic heterocycles. The third kappa shape index (κ3) is 2.44. The molecule has 0 aromatic rings. The van der Waals surface area contributed by atoms with Gasteiger partial charge in [-0.1, -0.05) is 6.92 Å². The number of ether oxygens (including phenoxy) is 2. The van der Waals surface area contributed by atoms with Crippen LogP contribution in [0.25, 0.3) is 0 Å². The molecular weight excluding hydrogens is 154 g/mol. The van der Waals surface area contributed by atoms with Gasteiger partial charge in [0.1, 0.15) is 0 Å². The summed E-state index contributed by atoms with van der Waals surface area (Å²) in [6.07, 6.45) is 2.42. The van der Waals surface area contributed by atoms with Gasteiger partial charge in [0, 0.05) is 13.2 Å². The van der Waals surface area contributed by atoms with Gasteiger partial charge in [0.05, 0.1) is 6.10 Å². The van der Waals surface area contributed by atoms with Crippen LogP contribution in [0.2, 0.25) is 0 Å². The second-order valence-corrected chi connectivity index (χ2v) is 3.25. The summed E-state index contributed by atoms with van der Waals surface area (Å²) in [6.45, 7) is 5.23. The monoisotopic (exact) mass is 173 g/mol. The highest BCUT2D eigenvalue weighted by molar-refractivity contribution is 4.78. The van der Waals surface area contributed by atoms with Crippen LogP contribution in [0.3, 0.4) is 0 Å². The predicted molar refractivity (Wildman–Crippen MR) is 48.0 cm³/mol. The van der Waals surface area contributed by atoms with Crippen molar-refractivity contribution in [2.24, 2.45) is 0 Å². The van der Waals surface area contributed by atoms with E-state index in [2.05, 4.69) is 19.2 Å². The van der Waals surface area contributed by atoms with Crippen molar-refractivity contribution in [3.05, 3.63) is 0 Å². The molecule has 3 nitrogen and oxygen atoms in total. The highest BCUT2D eigenvalue weighted by Gasteiger charge is 2.26. The molecule has 0 aromatic carbocycles. The number of likely N-dealkylation sites (N-methyl/N-ethyl adjacent to an activating group) is 1. The van der Waals surface area contributed by atoms with Crippen molar-refractivity contribution in [2.75, 3.05) is 13.7 Å². The lowest BCUT2D eigenvalue weighted by Crippen LogP contribution is -2.46. The van der Waals surface area contributed by atoms with E-state index in [0.717, 1.165) is 19.4 Å². The molecule has 0 spiro atoms. The van der Waals surface area contributed by atoms with Gasteiger partial charge in [0.25, 0.3) is 0 Å². The van der Waals surface area contributed by atoms with E-state index in [1.807, 2.05) is 0 Å². The molecular formula is C9H19NO2. The lowest BCUT2D eigenvalue weighted by molar-refractivity contribution is -0.183. The van der Waals surface area contributed by atoms with Gasteiger partial charge in [0.2, 0.25) is 0 Å². The first-order valence-corrected chi connectivity index (χ1v) is 4.69. The Morgan fingerprint density at radius 3 is 2.75 bits per heavy atom. The maximum atomic E-state index is 5.62. The zero-order valence-corrected chi connectivity index (χ0v) is 8.17. The van der Waals surface area contributed by atoms with Crippen LogP contribution in [0.15, 0.2) is 0 Å². The van der Waals surface area contributed by atoms with E-state index in [9.17, 15) is 0 Å². The van der Waals surface area contributed by atoms with E-state index in [1.54, 1.807) is 7.11 Å². The van der Waals surface area contributed by atoms with E-state index < -0.39 is 0 Å². The molecule has 72 valence electrons. The van der Waals surface area contributed by atoms with E-state index in [4.69, 9.17) is 9.47 Å². The highest BCUT2D eigenvalue weighted by atomic mass is 16.7. The largest absolute Gasteiger partial charge is 0.356 e. The minimum atomic E-state index is 0.00917.